The third-order valence-electron chi connectivity index (χ3n) is 3.92. The van der Waals surface area contributed by atoms with Gasteiger partial charge >= 0.3 is 0 Å². The van der Waals surface area contributed by atoms with Crippen molar-refractivity contribution in [2.45, 2.75) is 26.5 Å². The molecule has 0 aliphatic carbocycles. The molecule has 0 saturated carbocycles. The average Bonchev–Trinajstić information content (AvgIpc) is 2.56. The number of rotatable bonds is 6. The number of benzene rings is 1. The molecule has 0 amide bonds. The molecule has 3 rings (SSSR count). The lowest BCUT2D eigenvalue weighted by molar-refractivity contribution is 0.0742. The lowest BCUT2D eigenvalue weighted by Crippen LogP contribution is -2.48. The van der Waals surface area contributed by atoms with Crippen LogP contribution in [0.15, 0.2) is 48.1 Å². The van der Waals surface area contributed by atoms with E-state index in [2.05, 4.69) is 20.6 Å². The van der Waals surface area contributed by atoms with Crippen molar-refractivity contribution >= 4 is 22.6 Å². The van der Waals surface area contributed by atoms with Gasteiger partial charge in [-0.2, -0.15) is 0 Å². The van der Waals surface area contributed by atoms with Gasteiger partial charge in [0.2, 0.25) is 0 Å². The van der Waals surface area contributed by atoms with Crippen molar-refractivity contribution in [1.29, 1.82) is 0 Å². The van der Waals surface area contributed by atoms with E-state index in [9.17, 15) is 0 Å². The third-order valence-corrected chi connectivity index (χ3v) is 4.21. The zero-order valence-electron chi connectivity index (χ0n) is 13.8. The highest BCUT2D eigenvalue weighted by Gasteiger charge is 2.20. The first kappa shape index (κ1) is 16.7. The van der Waals surface area contributed by atoms with Crippen LogP contribution in [-0.4, -0.2) is 29.2 Å². The molecule has 6 heteroatoms. The summed E-state index contributed by atoms with van der Waals surface area (Å²) in [6, 6.07) is 3.92. The topological polar surface area (TPSA) is 59.1 Å². The summed E-state index contributed by atoms with van der Waals surface area (Å²) in [6.07, 6.45) is 7.57. The molecular formula is C18H21ClN4O. The lowest BCUT2D eigenvalue weighted by Gasteiger charge is -2.30. The van der Waals surface area contributed by atoms with Crippen LogP contribution < -0.4 is 10.6 Å². The first-order valence-corrected chi connectivity index (χ1v) is 8.42. The predicted molar refractivity (Wildman–Crippen MR) is 96.6 cm³/mol. The van der Waals surface area contributed by atoms with Crippen LogP contribution in [0.2, 0.25) is 5.02 Å². The zero-order chi connectivity index (χ0) is 16.9. The van der Waals surface area contributed by atoms with E-state index in [-0.39, 0.29) is 6.10 Å². The zero-order valence-corrected chi connectivity index (χ0v) is 14.6. The van der Waals surface area contributed by atoms with E-state index in [0.717, 1.165) is 41.1 Å². The number of nitrogens with zero attached hydrogens (tertiary/aromatic N) is 2. The minimum Gasteiger partial charge on any atom is -0.486 e. The van der Waals surface area contributed by atoms with Crippen LogP contribution in [0.4, 0.5) is 0 Å². The van der Waals surface area contributed by atoms with Crippen LogP contribution in [0, 0.1) is 0 Å². The maximum absolute atomic E-state index is 6.31. The van der Waals surface area contributed by atoms with Gasteiger partial charge in [0.15, 0.2) is 0 Å². The van der Waals surface area contributed by atoms with Crippen molar-refractivity contribution in [3.63, 3.8) is 0 Å². The standard InChI is InChI=1S/C18H21ClN4O/c1-3-15(17(4-2)24-13-10-20-11-13)23-9-12-7-14(19)18-16(8-12)21-5-6-22-18/h3-8,13,20,23H,9-11H2,1-2H3/b15-3+,17-4+. The summed E-state index contributed by atoms with van der Waals surface area (Å²) < 4.78 is 5.99. The molecule has 1 aromatic heterocycles. The van der Waals surface area contributed by atoms with Crippen LogP contribution in [0.1, 0.15) is 19.4 Å². The quantitative estimate of drug-likeness (QED) is 0.622. The summed E-state index contributed by atoms with van der Waals surface area (Å²) in [5, 5.41) is 7.25. The van der Waals surface area contributed by atoms with Gasteiger partial charge in [0, 0.05) is 32.0 Å². The fourth-order valence-electron chi connectivity index (χ4n) is 2.53. The minimum atomic E-state index is 0.248. The molecule has 1 aliphatic rings. The maximum Gasteiger partial charge on any atom is 0.138 e. The van der Waals surface area contributed by atoms with Crippen LogP contribution in [0.3, 0.4) is 0 Å². The number of ether oxygens (including phenoxy) is 1. The van der Waals surface area contributed by atoms with Crippen molar-refractivity contribution < 1.29 is 4.74 Å². The van der Waals surface area contributed by atoms with Crippen LogP contribution in [0.5, 0.6) is 0 Å². The van der Waals surface area contributed by atoms with Crippen molar-refractivity contribution in [3.05, 3.63) is 58.7 Å². The summed E-state index contributed by atoms with van der Waals surface area (Å²) in [4.78, 5) is 8.59. The number of aromatic nitrogens is 2. The Morgan fingerprint density at radius 1 is 1.29 bits per heavy atom. The van der Waals surface area contributed by atoms with E-state index in [0.29, 0.717) is 11.6 Å². The first-order chi connectivity index (χ1) is 11.7. The number of hydrogen-bond donors (Lipinski definition) is 2. The highest BCUT2D eigenvalue weighted by molar-refractivity contribution is 6.34. The normalized spacial score (nSPS) is 16.1. The van der Waals surface area contributed by atoms with Crippen LogP contribution >= 0.6 is 11.6 Å². The minimum absolute atomic E-state index is 0.248. The van der Waals surface area contributed by atoms with E-state index in [1.807, 2.05) is 38.1 Å². The van der Waals surface area contributed by atoms with Crippen molar-refractivity contribution in [2.24, 2.45) is 0 Å². The van der Waals surface area contributed by atoms with Crippen molar-refractivity contribution in [2.75, 3.05) is 13.1 Å². The second-order valence-electron chi connectivity index (χ2n) is 5.61. The van der Waals surface area contributed by atoms with Gasteiger partial charge in [-0.1, -0.05) is 17.7 Å². The van der Waals surface area contributed by atoms with Crippen LogP contribution in [-0.2, 0) is 11.3 Å². The van der Waals surface area contributed by atoms with Gasteiger partial charge in [0.1, 0.15) is 17.4 Å². The molecule has 5 nitrogen and oxygen atoms in total. The Morgan fingerprint density at radius 3 is 2.75 bits per heavy atom. The van der Waals surface area contributed by atoms with Gasteiger partial charge in [-0.25, -0.2) is 0 Å². The predicted octanol–water partition coefficient (Wildman–Crippen LogP) is 3.17. The monoisotopic (exact) mass is 344 g/mol. The SMILES string of the molecule is C/C=C(NCc1cc(Cl)c2nccnc2c1)\C(=C/C)OC1CNC1. The molecule has 2 N–H and O–H groups in total. The van der Waals surface area contributed by atoms with Gasteiger partial charge in [0.25, 0.3) is 0 Å². The summed E-state index contributed by atoms with van der Waals surface area (Å²) in [5.74, 6) is 0.871. The summed E-state index contributed by atoms with van der Waals surface area (Å²) in [5.41, 5.74) is 3.55. The number of fused-ring (bicyclic) bond motifs is 1. The third kappa shape index (κ3) is 3.68. The molecule has 1 aliphatic heterocycles. The highest BCUT2D eigenvalue weighted by atomic mass is 35.5. The second kappa shape index (κ2) is 7.64. The lowest BCUT2D eigenvalue weighted by atomic mass is 10.1. The first-order valence-electron chi connectivity index (χ1n) is 8.04. The largest absolute Gasteiger partial charge is 0.486 e. The number of nitrogens with one attached hydrogen (secondary N) is 2. The molecule has 1 aromatic carbocycles. The van der Waals surface area contributed by atoms with Gasteiger partial charge in [-0.15, -0.1) is 0 Å². The summed E-state index contributed by atoms with van der Waals surface area (Å²) in [6.45, 7) is 6.40. The molecule has 0 radical (unpaired) electrons. The van der Waals surface area contributed by atoms with Gasteiger partial charge < -0.3 is 15.4 Å². The average molecular weight is 345 g/mol. The Balaban J connectivity index is 1.71. The number of halogens is 1. The Kier molecular flexibility index (Phi) is 5.33. The molecular weight excluding hydrogens is 324 g/mol. The van der Waals surface area contributed by atoms with Crippen LogP contribution in [0.25, 0.3) is 11.0 Å². The molecule has 1 saturated heterocycles. The Labute approximate surface area is 146 Å². The Bertz CT molecular complexity index is 784. The van der Waals surface area contributed by atoms with Crippen molar-refractivity contribution in [1.82, 2.24) is 20.6 Å². The molecule has 0 bridgehead atoms. The van der Waals surface area contributed by atoms with E-state index >= 15 is 0 Å². The summed E-state index contributed by atoms with van der Waals surface area (Å²) >= 11 is 6.31. The molecule has 24 heavy (non-hydrogen) atoms. The van der Waals surface area contributed by atoms with E-state index < -0.39 is 0 Å². The molecule has 0 unspecified atom stereocenters. The molecule has 126 valence electrons. The van der Waals surface area contributed by atoms with Crippen molar-refractivity contribution in [3.8, 4) is 0 Å². The molecule has 2 heterocycles. The van der Waals surface area contributed by atoms with Gasteiger partial charge in [-0.3, -0.25) is 9.97 Å². The van der Waals surface area contributed by atoms with E-state index in [1.54, 1.807) is 12.4 Å². The highest BCUT2D eigenvalue weighted by Crippen LogP contribution is 2.22. The van der Waals surface area contributed by atoms with Gasteiger partial charge in [0.05, 0.1) is 16.2 Å². The van der Waals surface area contributed by atoms with E-state index in [1.165, 1.54) is 0 Å². The number of allylic oxidation sites excluding steroid dienone is 2. The van der Waals surface area contributed by atoms with E-state index in [4.69, 9.17) is 16.3 Å². The number of hydrogen-bond acceptors (Lipinski definition) is 5. The Hall–Kier alpha value is -2.11. The molecule has 0 atom stereocenters. The fourth-order valence-corrected chi connectivity index (χ4v) is 2.82. The molecule has 2 aromatic rings. The molecule has 0 spiro atoms. The maximum atomic E-state index is 6.31. The Morgan fingerprint density at radius 2 is 2.08 bits per heavy atom. The smallest absolute Gasteiger partial charge is 0.138 e. The van der Waals surface area contributed by atoms with Gasteiger partial charge in [-0.05, 0) is 37.6 Å². The second-order valence-corrected chi connectivity index (χ2v) is 6.02. The molecule has 1 fully saturated rings. The fraction of sp³-hybridized carbons (Fsp3) is 0.333. The summed E-state index contributed by atoms with van der Waals surface area (Å²) in [7, 11) is 0.